The summed E-state index contributed by atoms with van der Waals surface area (Å²) in [5.74, 6) is 0. The molecule has 0 aliphatic carbocycles. The zero-order valence-electron chi connectivity index (χ0n) is 10.2. The monoisotopic (exact) mass is 284 g/mol. The molecule has 0 atom stereocenters. The van der Waals surface area contributed by atoms with Crippen LogP contribution in [0.15, 0.2) is 36.5 Å². The molecule has 1 aromatic heterocycles. The van der Waals surface area contributed by atoms with E-state index in [1.807, 2.05) is 0 Å². The molecule has 2 aromatic rings. The van der Waals surface area contributed by atoms with Gasteiger partial charge in [0.25, 0.3) is 0 Å². The van der Waals surface area contributed by atoms with Crippen LogP contribution in [-0.2, 0) is 0 Å². The van der Waals surface area contributed by atoms with E-state index in [1.165, 1.54) is 0 Å². The smallest absolute Gasteiger partial charge is 0.329 e. The summed E-state index contributed by atoms with van der Waals surface area (Å²) in [6.45, 7) is -1.38. The van der Waals surface area contributed by atoms with Crippen molar-refractivity contribution in [3.05, 3.63) is 36.5 Å². The Balaban J connectivity index is 2.00. The van der Waals surface area contributed by atoms with Gasteiger partial charge in [-0.15, -0.1) is 0 Å². The highest BCUT2D eigenvalue weighted by Gasteiger charge is 2.27. The van der Waals surface area contributed by atoms with Crippen LogP contribution in [0.3, 0.4) is 0 Å². The normalized spacial score (nSPS) is 11.2. The van der Waals surface area contributed by atoms with E-state index in [4.69, 9.17) is 0 Å². The Labute approximate surface area is 112 Å². The third kappa shape index (κ3) is 4.01. The first kappa shape index (κ1) is 13.9. The maximum Gasteiger partial charge on any atom is 0.405 e. The van der Waals surface area contributed by atoms with Crippen molar-refractivity contribution < 1.29 is 18.0 Å². The second-order valence-electron chi connectivity index (χ2n) is 3.97. The maximum absolute atomic E-state index is 12.0. The SMILES string of the molecule is O=C(NCC(F)(F)F)Nc1cccc(-c2ccn[nH]2)c1. The first-order chi connectivity index (χ1) is 9.44. The van der Waals surface area contributed by atoms with Gasteiger partial charge in [0, 0.05) is 17.4 Å². The number of aromatic nitrogens is 2. The van der Waals surface area contributed by atoms with Crippen molar-refractivity contribution in [1.82, 2.24) is 15.5 Å². The molecule has 8 heteroatoms. The number of carbonyl (C=O) groups is 1. The average molecular weight is 284 g/mol. The van der Waals surface area contributed by atoms with E-state index in [9.17, 15) is 18.0 Å². The average Bonchev–Trinajstić information content (AvgIpc) is 2.90. The minimum absolute atomic E-state index is 0.386. The van der Waals surface area contributed by atoms with E-state index in [-0.39, 0.29) is 0 Å². The molecule has 20 heavy (non-hydrogen) atoms. The fourth-order valence-electron chi connectivity index (χ4n) is 1.54. The molecule has 0 saturated heterocycles. The number of amides is 2. The van der Waals surface area contributed by atoms with E-state index in [0.717, 1.165) is 11.3 Å². The van der Waals surface area contributed by atoms with E-state index in [2.05, 4.69) is 15.5 Å². The van der Waals surface area contributed by atoms with E-state index < -0.39 is 18.8 Å². The number of hydrogen-bond acceptors (Lipinski definition) is 2. The molecule has 0 bridgehead atoms. The molecule has 1 aromatic carbocycles. The van der Waals surface area contributed by atoms with Gasteiger partial charge in [-0.05, 0) is 18.2 Å². The summed E-state index contributed by atoms with van der Waals surface area (Å²) in [4.78, 5) is 11.3. The lowest BCUT2D eigenvalue weighted by Crippen LogP contribution is -2.36. The molecule has 2 amide bonds. The molecular weight excluding hydrogens is 273 g/mol. The molecule has 0 radical (unpaired) electrons. The number of benzene rings is 1. The number of rotatable bonds is 3. The fourth-order valence-corrected chi connectivity index (χ4v) is 1.54. The van der Waals surface area contributed by atoms with Crippen molar-refractivity contribution >= 4 is 11.7 Å². The highest BCUT2D eigenvalue weighted by atomic mass is 19.4. The lowest BCUT2D eigenvalue weighted by Gasteiger charge is -2.10. The molecule has 5 nitrogen and oxygen atoms in total. The summed E-state index contributed by atoms with van der Waals surface area (Å²) in [5, 5.41) is 10.6. The minimum atomic E-state index is -4.44. The van der Waals surface area contributed by atoms with E-state index >= 15 is 0 Å². The summed E-state index contributed by atoms with van der Waals surface area (Å²) >= 11 is 0. The van der Waals surface area contributed by atoms with Gasteiger partial charge in [0.1, 0.15) is 6.54 Å². The van der Waals surface area contributed by atoms with Gasteiger partial charge in [0.15, 0.2) is 0 Å². The molecule has 0 spiro atoms. The van der Waals surface area contributed by atoms with Gasteiger partial charge < -0.3 is 10.6 Å². The van der Waals surface area contributed by atoms with Crippen LogP contribution >= 0.6 is 0 Å². The lowest BCUT2D eigenvalue weighted by atomic mass is 10.1. The Morgan fingerprint density at radius 1 is 1.30 bits per heavy atom. The molecular formula is C12H11F3N4O. The van der Waals surface area contributed by atoms with E-state index in [1.54, 1.807) is 41.8 Å². The number of nitrogens with one attached hydrogen (secondary N) is 3. The van der Waals surface area contributed by atoms with Crippen LogP contribution in [0.4, 0.5) is 23.7 Å². The summed E-state index contributed by atoms with van der Waals surface area (Å²) in [7, 11) is 0. The fraction of sp³-hybridized carbons (Fsp3) is 0.167. The number of aromatic amines is 1. The van der Waals surface area contributed by atoms with Crippen LogP contribution in [0.5, 0.6) is 0 Å². The minimum Gasteiger partial charge on any atom is -0.329 e. The zero-order valence-corrected chi connectivity index (χ0v) is 10.2. The third-order valence-electron chi connectivity index (χ3n) is 2.38. The Kier molecular flexibility index (Phi) is 3.92. The van der Waals surface area contributed by atoms with Crippen molar-refractivity contribution in [2.24, 2.45) is 0 Å². The number of anilines is 1. The predicted molar refractivity (Wildman–Crippen MR) is 67.1 cm³/mol. The van der Waals surface area contributed by atoms with E-state index in [0.29, 0.717) is 5.69 Å². The number of alkyl halides is 3. The standard InChI is InChI=1S/C12H11F3N4O/c13-12(14,15)7-16-11(20)18-9-3-1-2-8(6-9)10-4-5-17-19-10/h1-6H,7H2,(H,17,19)(H2,16,18,20). The quantitative estimate of drug-likeness (QED) is 0.811. The maximum atomic E-state index is 12.0. The second kappa shape index (κ2) is 5.64. The van der Waals surface area contributed by atoms with Gasteiger partial charge >= 0.3 is 12.2 Å². The second-order valence-corrected chi connectivity index (χ2v) is 3.97. The highest BCUT2D eigenvalue weighted by molar-refractivity contribution is 5.90. The third-order valence-corrected chi connectivity index (χ3v) is 2.38. The Hall–Kier alpha value is -2.51. The molecule has 0 aliphatic rings. The number of hydrogen-bond donors (Lipinski definition) is 3. The topological polar surface area (TPSA) is 69.8 Å². The number of nitrogens with zero attached hydrogens (tertiary/aromatic N) is 1. The zero-order chi connectivity index (χ0) is 14.6. The summed E-state index contributed by atoms with van der Waals surface area (Å²) in [6, 6.07) is 7.49. The summed E-state index contributed by atoms with van der Waals surface area (Å²) < 4.78 is 35.9. The molecule has 0 saturated carbocycles. The van der Waals surface area contributed by atoms with Crippen molar-refractivity contribution in [3.8, 4) is 11.3 Å². The Morgan fingerprint density at radius 2 is 2.10 bits per heavy atom. The predicted octanol–water partition coefficient (Wildman–Crippen LogP) is 2.76. The Bertz CT molecular complexity index is 581. The van der Waals surface area contributed by atoms with Gasteiger partial charge in [-0.3, -0.25) is 5.10 Å². The molecule has 2 rings (SSSR count). The first-order valence-corrected chi connectivity index (χ1v) is 5.65. The van der Waals surface area contributed by atoms with Crippen molar-refractivity contribution in [2.75, 3.05) is 11.9 Å². The molecule has 0 fully saturated rings. The van der Waals surface area contributed by atoms with Crippen LogP contribution in [0.2, 0.25) is 0 Å². The number of urea groups is 1. The van der Waals surface area contributed by atoms with Crippen LogP contribution in [0.1, 0.15) is 0 Å². The first-order valence-electron chi connectivity index (χ1n) is 5.65. The Morgan fingerprint density at radius 3 is 2.75 bits per heavy atom. The van der Waals surface area contributed by atoms with Gasteiger partial charge in [-0.25, -0.2) is 4.79 Å². The van der Waals surface area contributed by atoms with Crippen molar-refractivity contribution in [2.45, 2.75) is 6.18 Å². The van der Waals surface area contributed by atoms with Crippen molar-refractivity contribution in [1.29, 1.82) is 0 Å². The molecule has 3 N–H and O–H groups in total. The largest absolute Gasteiger partial charge is 0.405 e. The number of H-pyrrole nitrogens is 1. The summed E-state index contributed by atoms with van der Waals surface area (Å²) in [5.41, 5.74) is 1.89. The molecule has 1 heterocycles. The van der Waals surface area contributed by atoms with Crippen LogP contribution in [0.25, 0.3) is 11.3 Å². The van der Waals surface area contributed by atoms with Crippen molar-refractivity contribution in [3.63, 3.8) is 0 Å². The van der Waals surface area contributed by atoms with Crippen LogP contribution in [-0.4, -0.2) is 28.9 Å². The molecule has 0 unspecified atom stereocenters. The van der Waals surface area contributed by atoms with Crippen LogP contribution in [0, 0.1) is 0 Å². The molecule has 106 valence electrons. The lowest BCUT2D eigenvalue weighted by molar-refractivity contribution is -0.122. The number of halogens is 3. The molecule has 0 aliphatic heterocycles. The van der Waals surface area contributed by atoms with Gasteiger partial charge in [0.2, 0.25) is 0 Å². The highest BCUT2D eigenvalue weighted by Crippen LogP contribution is 2.20. The van der Waals surface area contributed by atoms with Crippen LogP contribution < -0.4 is 10.6 Å². The summed E-state index contributed by atoms with van der Waals surface area (Å²) in [6.07, 6.45) is -2.86. The van der Waals surface area contributed by atoms with Gasteiger partial charge in [-0.1, -0.05) is 12.1 Å². The van der Waals surface area contributed by atoms with Gasteiger partial charge in [-0.2, -0.15) is 18.3 Å². The van der Waals surface area contributed by atoms with Gasteiger partial charge in [0.05, 0.1) is 5.69 Å². The number of carbonyl (C=O) groups excluding carboxylic acids is 1.